The maximum absolute atomic E-state index is 13.9. The van der Waals surface area contributed by atoms with Crippen molar-refractivity contribution in [3.8, 4) is 11.3 Å². The molecule has 0 aliphatic carbocycles. The van der Waals surface area contributed by atoms with Gasteiger partial charge >= 0.3 is 6.03 Å². The molecule has 2 N–H and O–H groups in total. The standard InChI is InChI=1S/C34H35N9O2S/c1-23-17-24(33(44)43-21-27-19-36-40(2)32(27)37-29-9-5-6-10-31(29)43)11-12-25(23)18-35-34(45)42-15-13-41(14-16-42)20-26-7-3-4-8-28(26)30-22-46-39-38-30/h3-12,17,19,22,37H,13-16,18,20-21H2,1-2H3,(H,35,45). The summed E-state index contributed by atoms with van der Waals surface area (Å²) in [4.78, 5) is 33.0. The van der Waals surface area contributed by atoms with Gasteiger partial charge in [-0.2, -0.15) is 5.10 Å². The highest BCUT2D eigenvalue weighted by Crippen LogP contribution is 2.36. The first-order chi connectivity index (χ1) is 22.4. The van der Waals surface area contributed by atoms with Gasteiger partial charge in [0.05, 0.1) is 24.1 Å². The minimum atomic E-state index is -0.0895. The summed E-state index contributed by atoms with van der Waals surface area (Å²) in [6.45, 7) is 6.48. The van der Waals surface area contributed by atoms with Crippen molar-refractivity contribution >= 4 is 40.7 Å². The van der Waals surface area contributed by atoms with Crippen LogP contribution in [-0.2, 0) is 26.7 Å². The fourth-order valence-electron chi connectivity index (χ4n) is 6.14. The molecule has 7 rings (SSSR count). The van der Waals surface area contributed by atoms with E-state index in [1.54, 1.807) is 15.8 Å². The molecule has 0 spiro atoms. The molecule has 12 heteroatoms. The predicted molar refractivity (Wildman–Crippen MR) is 179 cm³/mol. The Labute approximate surface area is 271 Å². The zero-order chi connectivity index (χ0) is 31.6. The molecule has 0 unspecified atom stereocenters. The molecule has 2 aromatic heterocycles. The number of aryl methyl sites for hydroxylation is 2. The second-order valence-corrected chi connectivity index (χ2v) is 12.3. The van der Waals surface area contributed by atoms with Crippen LogP contribution >= 0.6 is 11.5 Å². The van der Waals surface area contributed by atoms with Crippen LogP contribution in [0.4, 0.5) is 22.0 Å². The van der Waals surface area contributed by atoms with E-state index in [1.165, 1.54) is 17.1 Å². The summed E-state index contributed by atoms with van der Waals surface area (Å²) in [5, 5.41) is 17.1. The molecule has 0 radical (unpaired) electrons. The Morgan fingerprint density at radius 2 is 1.78 bits per heavy atom. The van der Waals surface area contributed by atoms with Gasteiger partial charge in [0.2, 0.25) is 0 Å². The summed E-state index contributed by atoms with van der Waals surface area (Å²) in [6, 6.07) is 21.7. The van der Waals surface area contributed by atoms with E-state index in [0.717, 1.165) is 64.8 Å². The molecule has 1 fully saturated rings. The number of hydrogen-bond acceptors (Lipinski definition) is 8. The third-order valence-corrected chi connectivity index (χ3v) is 9.27. The van der Waals surface area contributed by atoms with Crippen molar-refractivity contribution in [1.82, 2.24) is 34.5 Å². The first kappa shape index (κ1) is 29.6. The van der Waals surface area contributed by atoms with Crippen LogP contribution in [0.5, 0.6) is 0 Å². The van der Waals surface area contributed by atoms with Crippen LogP contribution in [0.3, 0.4) is 0 Å². The summed E-state index contributed by atoms with van der Waals surface area (Å²) < 4.78 is 5.80. The number of nitrogens with zero attached hydrogens (tertiary/aromatic N) is 7. The van der Waals surface area contributed by atoms with Crippen molar-refractivity contribution in [3.63, 3.8) is 0 Å². The largest absolute Gasteiger partial charge is 0.338 e. The van der Waals surface area contributed by atoms with Gasteiger partial charge in [0.15, 0.2) is 0 Å². The lowest BCUT2D eigenvalue weighted by Gasteiger charge is -2.35. The summed E-state index contributed by atoms with van der Waals surface area (Å²) in [5.74, 6) is 0.787. The molecule has 2 aliphatic heterocycles. The molecule has 234 valence electrons. The van der Waals surface area contributed by atoms with Crippen molar-refractivity contribution in [2.24, 2.45) is 7.05 Å². The van der Waals surface area contributed by atoms with E-state index in [4.69, 9.17) is 0 Å². The Bertz CT molecular complexity index is 1880. The van der Waals surface area contributed by atoms with Gasteiger partial charge in [0.25, 0.3) is 5.91 Å². The van der Waals surface area contributed by atoms with Crippen LogP contribution in [0, 0.1) is 6.92 Å². The van der Waals surface area contributed by atoms with Gasteiger partial charge in [0, 0.05) is 68.4 Å². The zero-order valence-electron chi connectivity index (χ0n) is 25.8. The quantitative estimate of drug-likeness (QED) is 0.265. The molecule has 1 saturated heterocycles. The minimum Gasteiger partial charge on any atom is -0.338 e. The van der Waals surface area contributed by atoms with Crippen LogP contribution in [0.1, 0.15) is 32.6 Å². The molecular formula is C34H35N9O2S. The van der Waals surface area contributed by atoms with Crippen molar-refractivity contribution in [3.05, 3.63) is 106 Å². The molecule has 0 atom stereocenters. The first-order valence-corrected chi connectivity index (χ1v) is 16.2. The monoisotopic (exact) mass is 633 g/mol. The van der Waals surface area contributed by atoms with Crippen LogP contribution in [0.2, 0.25) is 0 Å². The van der Waals surface area contributed by atoms with Crippen LogP contribution in [0.15, 0.2) is 78.3 Å². The zero-order valence-corrected chi connectivity index (χ0v) is 26.6. The number of anilines is 3. The fraction of sp³-hybridized carbons (Fsp3) is 0.265. The van der Waals surface area contributed by atoms with Crippen molar-refractivity contribution in [2.45, 2.75) is 26.6 Å². The predicted octanol–water partition coefficient (Wildman–Crippen LogP) is 5.18. The lowest BCUT2D eigenvalue weighted by molar-refractivity contribution is 0.0985. The Hall–Kier alpha value is -5.07. The number of carbonyl (C=O) groups excluding carboxylic acids is 2. The summed E-state index contributed by atoms with van der Waals surface area (Å²) >= 11 is 1.35. The maximum atomic E-state index is 13.9. The van der Waals surface area contributed by atoms with Gasteiger partial charge < -0.3 is 20.4 Å². The van der Waals surface area contributed by atoms with Crippen LogP contribution in [0.25, 0.3) is 11.3 Å². The third-order valence-electron chi connectivity index (χ3n) is 8.76. The average molecular weight is 634 g/mol. The number of amides is 3. The van der Waals surface area contributed by atoms with Gasteiger partial charge in [-0.05, 0) is 59.4 Å². The number of para-hydroxylation sites is 2. The van der Waals surface area contributed by atoms with Gasteiger partial charge in [-0.1, -0.05) is 47.0 Å². The fourth-order valence-corrected chi connectivity index (χ4v) is 6.60. The lowest BCUT2D eigenvalue weighted by Crippen LogP contribution is -2.51. The van der Waals surface area contributed by atoms with Crippen molar-refractivity contribution < 1.29 is 9.59 Å². The highest BCUT2D eigenvalue weighted by atomic mass is 32.1. The summed E-state index contributed by atoms with van der Waals surface area (Å²) in [6.07, 6.45) is 1.80. The number of fused-ring (bicyclic) bond motifs is 2. The van der Waals surface area contributed by atoms with E-state index in [1.807, 2.05) is 72.8 Å². The van der Waals surface area contributed by atoms with Gasteiger partial charge in [0.1, 0.15) is 11.5 Å². The number of urea groups is 1. The molecule has 11 nitrogen and oxygen atoms in total. The Kier molecular flexibility index (Phi) is 8.20. The number of rotatable bonds is 6. The summed E-state index contributed by atoms with van der Waals surface area (Å²) in [7, 11) is 1.89. The smallest absolute Gasteiger partial charge is 0.317 e. The van der Waals surface area contributed by atoms with Gasteiger partial charge in [-0.3, -0.25) is 14.4 Å². The molecule has 0 bridgehead atoms. The average Bonchev–Trinajstić information content (AvgIpc) is 3.70. The van der Waals surface area contributed by atoms with E-state index in [2.05, 4.69) is 48.4 Å². The Balaban J connectivity index is 0.959. The third kappa shape index (κ3) is 5.96. The lowest BCUT2D eigenvalue weighted by atomic mass is 10.0. The van der Waals surface area contributed by atoms with Gasteiger partial charge in [-0.15, -0.1) is 5.10 Å². The van der Waals surface area contributed by atoms with Crippen molar-refractivity contribution in [2.75, 3.05) is 36.4 Å². The molecule has 0 saturated carbocycles. The normalized spacial score (nSPS) is 14.7. The van der Waals surface area contributed by atoms with E-state index < -0.39 is 0 Å². The molecule has 2 aliphatic rings. The Morgan fingerprint density at radius 1 is 0.978 bits per heavy atom. The number of piperazine rings is 1. The van der Waals surface area contributed by atoms with Gasteiger partial charge in [-0.25, -0.2) is 4.79 Å². The minimum absolute atomic E-state index is 0.0749. The summed E-state index contributed by atoms with van der Waals surface area (Å²) in [5.41, 5.74) is 8.36. The second kappa shape index (κ2) is 12.7. The molecule has 4 heterocycles. The van der Waals surface area contributed by atoms with E-state index >= 15 is 0 Å². The molecule has 3 aromatic carbocycles. The Morgan fingerprint density at radius 3 is 2.59 bits per heavy atom. The van der Waals surface area contributed by atoms with Crippen molar-refractivity contribution in [1.29, 1.82) is 0 Å². The highest BCUT2D eigenvalue weighted by molar-refractivity contribution is 7.03. The topological polar surface area (TPSA) is 112 Å². The number of benzene rings is 3. The molecule has 46 heavy (non-hydrogen) atoms. The number of hydrogen-bond donors (Lipinski definition) is 2. The molecule has 5 aromatic rings. The van der Waals surface area contributed by atoms with E-state index in [9.17, 15) is 9.59 Å². The molecular weight excluding hydrogens is 599 g/mol. The highest BCUT2D eigenvalue weighted by Gasteiger charge is 2.27. The SMILES string of the molecule is Cc1cc(C(=O)N2Cc3cnn(C)c3Nc3ccccc32)ccc1CNC(=O)N1CCN(Cc2ccccc2-c2csnn2)CC1. The maximum Gasteiger partial charge on any atom is 0.317 e. The van der Waals surface area contributed by atoms with Crippen LogP contribution in [-0.4, -0.2) is 67.3 Å². The van der Waals surface area contributed by atoms with Crippen LogP contribution < -0.4 is 15.5 Å². The van der Waals surface area contributed by atoms with E-state index in [0.29, 0.717) is 31.7 Å². The van der Waals surface area contributed by atoms with E-state index in [-0.39, 0.29) is 11.9 Å². The number of carbonyl (C=O) groups is 2. The first-order valence-electron chi connectivity index (χ1n) is 15.3. The number of aromatic nitrogens is 4. The number of nitrogens with one attached hydrogen (secondary N) is 2. The second-order valence-electron chi connectivity index (χ2n) is 11.7. The molecule has 3 amide bonds.